The molecule has 0 amide bonds. The van der Waals surface area contributed by atoms with Crippen LogP contribution in [0.2, 0.25) is 10.0 Å². The number of hydrogen-bond acceptors (Lipinski definition) is 3. The van der Waals surface area contributed by atoms with Gasteiger partial charge in [0.1, 0.15) is 5.69 Å². The van der Waals surface area contributed by atoms with Crippen LogP contribution in [0.3, 0.4) is 0 Å². The third-order valence-corrected chi connectivity index (χ3v) is 5.49. The monoisotopic (exact) mass is 407 g/mol. The maximum absolute atomic E-state index is 6.28. The highest BCUT2D eigenvalue weighted by Gasteiger charge is 2.24. The lowest BCUT2D eigenvalue weighted by Crippen LogP contribution is -2.21. The van der Waals surface area contributed by atoms with Gasteiger partial charge in [0.25, 0.3) is 0 Å². The molecule has 4 rings (SSSR count). The van der Waals surface area contributed by atoms with Gasteiger partial charge < -0.3 is 4.90 Å². The van der Waals surface area contributed by atoms with Crippen molar-refractivity contribution in [2.24, 2.45) is 5.92 Å². The summed E-state index contributed by atoms with van der Waals surface area (Å²) in [4.78, 5) is 2.35. The summed E-state index contributed by atoms with van der Waals surface area (Å²) >= 11 is 12.3. The molecular weight excluding hydrogens is 389 g/mol. The first-order chi connectivity index (χ1) is 12.2. The molecule has 1 saturated heterocycles. The van der Waals surface area contributed by atoms with Crippen LogP contribution in [0.25, 0.3) is 22.0 Å². The van der Waals surface area contributed by atoms with Crippen molar-refractivity contribution >= 4 is 52.2 Å². The average molecular weight is 409 g/mol. The molecule has 1 atom stereocenters. The van der Waals surface area contributed by atoms with Crippen molar-refractivity contribution in [2.45, 2.75) is 19.8 Å². The van der Waals surface area contributed by atoms with E-state index >= 15 is 0 Å². The number of aromatic nitrogens is 2. The van der Waals surface area contributed by atoms with Gasteiger partial charge in [0.15, 0.2) is 5.82 Å². The van der Waals surface area contributed by atoms with Crippen molar-refractivity contribution in [1.29, 1.82) is 0 Å². The predicted octanol–water partition coefficient (Wildman–Crippen LogP) is 6.26. The average Bonchev–Trinajstić information content (AvgIpc) is 3.10. The van der Waals surface area contributed by atoms with Crippen LogP contribution in [0, 0.1) is 5.92 Å². The molecule has 6 heteroatoms. The van der Waals surface area contributed by atoms with Crippen LogP contribution in [0.1, 0.15) is 19.8 Å². The first kappa shape index (κ1) is 19.2. The summed E-state index contributed by atoms with van der Waals surface area (Å²) in [7, 11) is 0. The summed E-state index contributed by atoms with van der Waals surface area (Å²) in [6.07, 6.45) is 2.42. The van der Waals surface area contributed by atoms with Gasteiger partial charge in [0, 0.05) is 39.5 Å². The molecule has 1 aromatic heterocycles. The molecule has 2 heterocycles. The van der Waals surface area contributed by atoms with Crippen LogP contribution in [0.5, 0.6) is 0 Å². The summed E-state index contributed by atoms with van der Waals surface area (Å²) in [5.74, 6) is 1.69. The van der Waals surface area contributed by atoms with Crippen molar-refractivity contribution in [3.8, 4) is 11.3 Å². The number of halogens is 3. The highest BCUT2D eigenvalue weighted by Crippen LogP contribution is 2.35. The van der Waals surface area contributed by atoms with E-state index in [0.29, 0.717) is 10.0 Å². The minimum absolute atomic E-state index is 0. The van der Waals surface area contributed by atoms with Gasteiger partial charge in [-0.2, -0.15) is 0 Å². The first-order valence-electron chi connectivity index (χ1n) is 8.62. The van der Waals surface area contributed by atoms with Crippen molar-refractivity contribution < 1.29 is 0 Å². The van der Waals surface area contributed by atoms with E-state index < -0.39 is 0 Å². The molecule has 1 fully saturated rings. The molecule has 0 radical (unpaired) electrons. The number of fused-ring (bicyclic) bond motifs is 1. The molecule has 136 valence electrons. The van der Waals surface area contributed by atoms with Gasteiger partial charge in [-0.3, -0.25) is 0 Å². The van der Waals surface area contributed by atoms with Crippen molar-refractivity contribution in [3.63, 3.8) is 0 Å². The first-order valence-corrected chi connectivity index (χ1v) is 9.38. The number of rotatable bonds is 3. The standard InChI is InChI=1S/C20H19Cl2N3.ClH/c1-2-13-9-10-25(12-13)20-17-8-7-16(22)11-18(17)19(23-24-20)14-3-5-15(21)6-4-14;/h3-8,11,13H,2,9-10,12H2,1H3;1H. The maximum atomic E-state index is 6.28. The smallest absolute Gasteiger partial charge is 0.159 e. The van der Waals surface area contributed by atoms with Gasteiger partial charge >= 0.3 is 0 Å². The fourth-order valence-electron chi connectivity index (χ4n) is 3.53. The Hall–Kier alpha value is -1.55. The van der Waals surface area contributed by atoms with Crippen LogP contribution >= 0.6 is 35.6 Å². The minimum atomic E-state index is 0. The Morgan fingerprint density at radius 3 is 2.42 bits per heavy atom. The molecule has 1 aliphatic heterocycles. The van der Waals surface area contributed by atoms with E-state index in [0.717, 1.165) is 46.9 Å². The van der Waals surface area contributed by atoms with Crippen LogP contribution < -0.4 is 4.90 Å². The molecule has 3 aromatic rings. The second-order valence-electron chi connectivity index (χ2n) is 6.58. The minimum Gasteiger partial charge on any atom is -0.354 e. The number of benzene rings is 2. The topological polar surface area (TPSA) is 29.0 Å². The Labute approximate surface area is 169 Å². The maximum Gasteiger partial charge on any atom is 0.159 e. The van der Waals surface area contributed by atoms with Crippen LogP contribution in [0.4, 0.5) is 5.82 Å². The molecule has 0 saturated carbocycles. The van der Waals surface area contributed by atoms with E-state index in [9.17, 15) is 0 Å². The Balaban J connectivity index is 0.00000196. The Kier molecular flexibility index (Phi) is 5.91. The molecule has 26 heavy (non-hydrogen) atoms. The van der Waals surface area contributed by atoms with Crippen molar-refractivity contribution in [3.05, 3.63) is 52.5 Å². The summed E-state index contributed by atoms with van der Waals surface area (Å²) < 4.78 is 0. The summed E-state index contributed by atoms with van der Waals surface area (Å²) in [6.45, 7) is 4.33. The number of nitrogens with zero attached hydrogens (tertiary/aromatic N) is 3. The van der Waals surface area contributed by atoms with E-state index in [4.69, 9.17) is 23.2 Å². The molecule has 3 nitrogen and oxygen atoms in total. The SMILES string of the molecule is CCC1CCN(c2nnc(-c3ccc(Cl)cc3)c3cc(Cl)ccc23)C1.Cl. The summed E-state index contributed by atoms with van der Waals surface area (Å²) in [6, 6.07) is 13.6. The zero-order valence-electron chi connectivity index (χ0n) is 14.5. The predicted molar refractivity (Wildman–Crippen MR) is 113 cm³/mol. The second-order valence-corrected chi connectivity index (χ2v) is 7.45. The Morgan fingerprint density at radius 2 is 1.73 bits per heavy atom. The summed E-state index contributed by atoms with van der Waals surface area (Å²) in [5, 5.41) is 12.7. The third kappa shape index (κ3) is 3.62. The normalized spacial score (nSPS) is 16.7. The fourth-order valence-corrected chi connectivity index (χ4v) is 3.82. The van der Waals surface area contributed by atoms with Gasteiger partial charge in [0.05, 0.1) is 0 Å². The second kappa shape index (κ2) is 7.99. The molecule has 0 N–H and O–H groups in total. The van der Waals surface area contributed by atoms with Gasteiger partial charge in [-0.25, -0.2) is 0 Å². The molecule has 0 spiro atoms. The zero-order chi connectivity index (χ0) is 17.4. The van der Waals surface area contributed by atoms with Crippen molar-refractivity contribution in [1.82, 2.24) is 10.2 Å². The van der Waals surface area contributed by atoms with Crippen LogP contribution in [-0.4, -0.2) is 23.3 Å². The Bertz CT molecular complexity index is 912. The fraction of sp³-hybridized carbons (Fsp3) is 0.300. The van der Waals surface area contributed by atoms with E-state index in [2.05, 4.69) is 28.1 Å². The molecule has 0 bridgehead atoms. The lowest BCUT2D eigenvalue weighted by Gasteiger charge is -2.20. The zero-order valence-corrected chi connectivity index (χ0v) is 16.8. The molecule has 1 aliphatic rings. The summed E-state index contributed by atoms with van der Waals surface area (Å²) in [5.41, 5.74) is 1.83. The lowest BCUT2D eigenvalue weighted by atomic mass is 10.0. The molecule has 2 aromatic carbocycles. The number of anilines is 1. The van der Waals surface area contributed by atoms with Crippen molar-refractivity contribution in [2.75, 3.05) is 18.0 Å². The van der Waals surface area contributed by atoms with Gasteiger partial charge in [0.2, 0.25) is 0 Å². The van der Waals surface area contributed by atoms with E-state index in [1.807, 2.05) is 36.4 Å². The Morgan fingerprint density at radius 1 is 1.00 bits per heavy atom. The molecule has 1 unspecified atom stereocenters. The lowest BCUT2D eigenvalue weighted by molar-refractivity contribution is 0.568. The molecular formula is C20H20Cl3N3. The highest BCUT2D eigenvalue weighted by molar-refractivity contribution is 6.31. The molecule has 0 aliphatic carbocycles. The quantitative estimate of drug-likeness (QED) is 0.512. The van der Waals surface area contributed by atoms with E-state index in [1.54, 1.807) is 0 Å². The van der Waals surface area contributed by atoms with Crippen LogP contribution in [-0.2, 0) is 0 Å². The highest BCUT2D eigenvalue weighted by atomic mass is 35.5. The number of hydrogen-bond donors (Lipinski definition) is 0. The van der Waals surface area contributed by atoms with E-state index in [1.165, 1.54) is 12.8 Å². The van der Waals surface area contributed by atoms with Gasteiger partial charge in [-0.05, 0) is 42.7 Å². The van der Waals surface area contributed by atoms with Gasteiger partial charge in [-0.1, -0.05) is 48.7 Å². The van der Waals surface area contributed by atoms with Crippen LogP contribution in [0.15, 0.2) is 42.5 Å². The third-order valence-electron chi connectivity index (χ3n) is 5.00. The van der Waals surface area contributed by atoms with E-state index in [-0.39, 0.29) is 12.4 Å². The largest absolute Gasteiger partial charge is 0.354 e. The van der Waals surface area contributed by atoms with Gasteiger partial charge in [-0.15, -0.1) is 22.6 Å².